The van der Waals surface area contributed by atoms with Crippen molar-refractivity contribution in [1.29, 1.82) is 0 Å². The first-order valence-corrected chi connectivity index (χ1v) is 9.98. The Labute approximate surface area is 179 Å². The average molecular weight is 432 g/mol. The van der Waals surface area contributed by atoms with E-state index in [1.54, 1.807) is 43.5 Å². The first-order valence-electron chi connectivity index (χ1n) is 9.60. The van der Waals surface area contributed by atoms with Crippen LogP contribution in [0, 0.1) is 0 Å². The third-order valence-corrected chi connectivity index (χ3v) is 4.99. The van der Waals surface area contributed by atoms with Crippen molar-refractivity contribution in [3.8, 4) is 17.2 Å². The lowest BCUT2D eigenvalue weighted by atomic mass is 10.2. The molecule has 30 heavy (non-hydrogen) atoms. The van der Waals surface area contributed by atoms with Crippen LogP contribution in [0.25, 0.3) is 0 Å². The van der Waals surface area contributed by atoms with Crippen LogP contribution in [-0.4, -0.2) is 45.0 Å². The Hall–Kier alpha value is -2.97. The molecule has 1 fully saturated rings. The SMILES string of the molecule is COc1ccc(Cl)cc1NC(=NC[C@@H]1CCCO1)NC(=O)c1ccc2c(c1)OCO2. The fraction of sp³-hybridized carbons (Fsp3) is 0.333. The van der Waals surface area contributed by atoms with Gasteiger partial charge in [-0.15, -0.1) is 0 Å². The zero-order chi connectivity index (χ0) is 20.9. The first-order chi connectivity index (χ1) is 14.6. The molecular weight excluding hydrogens is 410 g/mol. The van der Waals surface area contributed by atoms with Crippen LogP contribution in [0.2, 0.25) is 5.02 Å². The van der Waals surface area contributed by atoms with E-state index in [4.69, 9.17) is 30.5 Å². The van der Waals surface area contributed by atoms with Gasteiger partial charge in [-0.3, -0.25) is 10.1 Å². The summed E-state index contributed by atoms with van der Waals surface area (Å²) in [6.45, 7) is 1.30. The van der Waals surface area contributed by atoms with E-state index in [9.17, 15) is 4.79 Å². The fourth-order valence-corrected chi connectivity index (χ4v) is 3.39. The molecule has 0 aromatic heterocycles. The van der Waals surface area contributed by atoms with E-state index < -0.39 is 0 Å². The molecule has 0 spiro atoms. The second-order valence-electron chi connectivity index (χ2n) is 6.82. The van der Waals surface area contributed by atoms with Crippen LogP contribution in [0.5, 0.6) is 17.2 Å². The molecule has 8 nitrogen and oxygen atoms in total. The number of nitrogens with one attached hydrogen (secondary N) is 2. The molecule has 2 aromatic rings. The largest absolute Gasteiger partial charge is 0.495 e. The van der Waals surface area contributed by atoms with Crippen molar-refractivity contribution in [3.05, 3.63) is 47.0 Å². The van der Waals surface area contributed by atoms with Gasteiger partial charge in [0.25, 0.3) is 5.91 Å². The summed E-state index contributed by atoms with van der Waals surface area (Å²) in [6, 6.07) is 10.2. The lowest BCUT2D eigenvalue weighted by molar-refractivity contribution is 0.0975. The van der Waals surface area contributed by atoms with Gasteiger partial charge in [0.1, 0.15) is 5.75 Å². The van der Waals surface area contributed by atoms with Crippen LogP contribution in [0.1, 0.15) is 23.2 Å². The summed E-state index contributed by atoms with van der Waals surface area (Å²) in [7, 11) is 1.56. The molecule has 0 saturated carbocycles. The number of hydrogen-bond donors (Lipinski definition) is 2. The quantitative estimate of drug-likeness (QED) is 0.556. The molecule has 0 bridgehead atoms. The first kappa shape index (κ1) is 20.3. The van der Waals surface area contributed by atoms with Gasteiger partial charge in [-0.2, -0.15) is 0 Å². The predicted octanol–water partition coefficient (Wildman–Crippen LogP) is 3.45. The standard InChI is InChI=1S/C21H22ClN3O5/c1-27-17-7-5-14(22)10-16(17)24-21(23-11-15-3-2-8-28-15)25-20(26)13-4-6-18-19(9-13)30-12-29-18/h4-7,9-10,15H,2-3,8,11-12H2,1H3,(H2,23,24,25,26)/t15-/m0/s1. The van der Waals surface area contributed by atoms with Gasteiger partial charge in [0.05, 0.1) is 25.4 Å². The minimum atomic E-state index is -0.340. The normalized spacial score (nSPS) is 17.7. The summed E-state index contributed by atoms with van der Waals surface area (Å²) in [4.78, 5) is 17.4. The van der Waals surface area contributed by atoms with E-state index in [0.717, 1.165) is 19.4 Å². The second kappa shape index (κ2) is 9.23. The summed E-state index contributed by atoms with van der Waals surface area (Å²) in [5.41, 5.74) is 1.01. The van der Waals surface area contributed by atoms with E-state index in [1.807, 2.05) is 0 Å². The Morgan fingerprint density at radius 2 is 2.10 bits per heavy atom. The zero-order valence-corrected chi connectivity index (χ0v) is 17.2. The summed E-state index contributed by atoms with van der Waals surface area (Å²) < 4.78 is 21.7. The monoisotopic (exact) mass is 431 g/mol. The summed E-state index contributed by atoms with van der Waals surface area (Å²) in [5.74, 6) is 1.65. The Bertz CT molecular complexity index is 960. The van der Waals surface area contributed by atoms with E-state index >= 15 is 0 Å². The summed E-state index contributed by atoms with van der Waals surface area (Å²) in [5, 5.41) is 6.46. The van der Waals surface area contributed by atoms with Crippen LogP contribution < -0.4 is 24.8 Å². The lowest BCUT2D eigenvalue weighted by Crippen LogP contribution is -2.36. The number of halogens is 1. The molecule has 2 aliphatic heterocycles. The van der Waals surface area contributed by atoms with Gasteiger partial charge < -0.3 is 24.3 Å². The number of hydrogen-bond acceptors (Lipinski definition) is 6. The number of fused-ring (bicyclic) bond motifs is 1. The maximum atomic E-state index is 12.8. The number of guanidine groups is 1. The predicted molar refractivity (Wildman–Crippen MR) is 113 cm³/mol. The fourth-order valence-electron chi connectivity index (χ4n) is 3.21. The van der Waals surface area contributed by atoms with Gasteiger partial charge in [0, 0.05) is 17.2 Å². The molecule has 2 N–H and O–H groups in total. The number of carbonyl (C=O) groups is 1. The van der Waals surface area contributed by atoms with Crippen LogP contribution in [0.4, 0.5) is 5.69 Å². The van der Waals surface area contributed by atoms with Crippen molar-refractivity contribution in [1.82, 2.24) is 5.32 Å². The molecule has 2 aromatic carbocycles. The third-order valence-electron chi connectivity index (χ3n) is 4.76. The van der Waals surface area contributed by atoms with Crippen LogP contribution in [-0.2, 0) is 4.74 Å². The van der Waals surface area contributed by atoms with Crippen molar-refractivity contribution in [2.75, 3.05) is 32.4 Å². The maximum absolute atomic E-state index is 12.8. The van der Waals surface area contributed by atoms with Crippen molar-refractivity contribution in [2.24, 2.45) is 4.99 Å². The molecule has 2 heterocycles. The number of carbonyl (C=O) groups excluding carboxylic acids is 1. The molecule has 4 rings (SSSR count). The Balaban J connectivity index is 1.54. The van der Waals surface area contributed by atoms with Gasteiger partial charge in [-0.05, 0) is 49.2 Å². The van der Waals surface area contributed by atoms with E-state index in [0.29, 0.717) is 40.1 Å². The van der Waals surface area contributed by atoms with Crippen LogP contribution >= 0.6 is 11.6 Å². The van der Waals surface area contributed by atoms with Gasteiger partial charge in [0.2, 0.25) is 12.8 Å². The summed E-state index contributed by atoms with van der Waals surface area (Å²) in [6.07, 6.45) is 1.98. The highest BCUT2D eigenvalue weighted by Crippen LogP contribution is 2.32. The number of nitrogens with zero attached hydrogens (tertiary/aromatic N) is 1. The molecule has 1 saturated heterocycles. The second-order valence-corrected chi connectivity index (χ2v) is 7.25. The Morgan fingerprint density at radius 3 is 2.90 bits per heavy atom. The minimum absolute atomic E-state index is 0.0329. The van der Waals surface area contributed by atoms with Crippen molar-refractivity contribution in [3.63, 3.8) is 0 Å². The highest BCUT2D eigenvalue weighted by atomic mass is 35.5. The smallest absolute Gasteiger partial charge is 0.258 e. The highest BCUT2D eigenvalue weighted by molar-refractivity contribution is 6.31. The van der Waals surface area contributed by atoms with Gasteiger partial charge in [-0.1, -0.05) is 11.6 Å². The summed E-state index contributed by atoms with van der Waals surface area (Å²) >= 11 is 6.13. The molecule has 0 aliphatic carbocycles. The number of ether oxygens (including phenoxy) is 4. The van der Waals surface area contributed by atoms with Gasteiger partial charge >= 0.3 is 0 Å². The van der Waals surface area contributed by atoms with Crippen molar-refractivity contribution >= 4 is 29.2 Å². The molecule has 1 atom stereocenters. The molecular formula is C21H22ClN3O5. The van der Waals surface area contributed by atoms with Crippen molar-refractivity contribution in [2.45, 2.75) is 18.9 Å². The number of methoxy groups -OCH3 is 1. The molecule has 0 unspecified atom stereocenters. The van der Waals surface area contributed by atoms with Crippen LogP contribution in [0.3, 0.4) is 0 Å². The lowest BCUT2D eigenvalue weighted by Gasteiger charge is -2.15. The molecule has 9 heteroatoms. The van der Waals surface area contributed by atoms with Crippen molar-refractivity contribution < 1.29 is 23.7 Å². The molecule has 0 radical (unpaired) electrons. The molecule has 1 amide bonds. The maximum Gasteiger partial charge on any atom is 0.258 e. The van der Waals surface area contributed by atoms with Crippen LogP contribution in [0.15, 0.2) is 41.4 Å². The minimum Gasteiger partial charge on any atom is -0.495 e. The Morgan fingerprint density at radius 1 is 1.23 bits per heavy atom. The number of amides is 1. The van der Waals surface area contributed by atoms with Gasteiger partial charge in [0.15, 0.2) is 11.5 Å². The third kappa shape index (κ3) is 4.77. The molecule has 158 valence electrons. The number of anilines is 1. The van der Waals surface area contributed by atoms with E-state index in [2.05, 4.69) is 15.6 Å². The Kier molecular flexibility index (Phi) is 6.25. The zero-order valence-electron chi connectivity index (χ0n) is 16.4. The molecule has 2 aliphatic rings. The highest BCUT2D eigenvalue weighted by Gasteiger charge is 2.19. The van der Waals surface area contributed by atoms with Gasteiger partial charge in [-0.25, -0.2) is 4.99 Å². The van der Waals surface area contributed by atoms with E-state index in [-0.39, 0.29) is 24.8 Å². The number of rotatable bonds is 5. The number of benzene rings is 2. The van der Waals surface area contributed by atoms with E-state index in [1.165, 1.54) is 0 Å². The number of aliphatic imine (C=N–C) groups is 1. The topological polar surface area (TPSA) is 90.4 Å². The average Bonchev–Trinajstić information content (AvgIpc) is 3.43.